The summed E-state index contributed by atoms with van der Waals surface area (Å²) in [6.07, 6.45) is 4.97. The summed E-state index contributed by atoms with van der Waals surface area (Å²) >= 11 is 0. The molecule has 0 bridgehead atoms. The van der Waals surface area contributed by atoms with E-state index in [0.29, 0.717) is 12.5 Å². The highest BCUT2D eigenvalue weighted by Gasteiger charge is 2.23. The SMILES string of the molecule is CC(=O)Nc1cccc(C2CCN(CCCn3nc(N4CCC(N)CC4)c4ccccc4c3=O)CC2)c1. The first kappa shape index (κ1) is 25.4. The van der Waals surface area contributed by atoms with E-state index in [1.165, 1.54) is 12.5 Å². The maximum atomic E-state index is 13.2. The second-order valence-corrected chi connectivity index (χ2v) is 10.5. The molecule has 0 spiro atoms. The van der Waals surface area contributed by atoms with Gasteiger partial charge in [-0.15, -0.1) is 0 Å². The number of carbonyl (C=O) groups is 1. The number of carbonyl (C=O) groups excluding carboxylic acids is 1. The molecular formula is C29H38N6O2. The van der Waals surface area contributed by atoms with E-state index in [4.69, 9.17) is 10.8 Å². The fourth-order valence-corrected chi connectivity index (χ4v) is 5.72. The molecule has 8 heteroatoms. The van der Waals surface area contributed by atoms with Crippen LogP contribution >= 0.6 is 0 Å². The molecule has 8 nitrogen and oxygen atoms in total. The molecule has 2 aromatic carbocycles. The minimum atomic E-state index is -0.0424. The highest BCUT2D eigenvalue weighted by Crippen LogP contribution is 2.30. The molecule has 2 saturated heterocycles. The number of hydrogen-bond donors (Lipinski definition) is 2. The summed E-state index contributed by atoms with van der Waals surface area (Å²) in [6, 6.07) is 16.3. The van der Waals surface area contributed by atoms with Gasteiger partial charge in [0.1, 0.15) is 0 Å². The van der Waals surface area contributed by atoms with Crippen molar-refractivity contribution >= 4 is 28.2 Å². The third kappa shape index (κ3) is 6.02. The highest BCUT2D eigenvalue weighted by molar-refractivity contribution is 5.91. The van der Waals surface area contributed by atoms with E-state index in [2.05, 4.69) is 27.2 Å². The molecule has 0 unspecified atom stereocenters. The number of nitrogens with two attached hydrogens (primary N) is 1. The van der Waals surface area contributed by atoms with Gasteiger partial charge in [0, 0.05) is 43.7 Å². The Kier molecular flexibility index (Phi) is 7.86. The van der Waals surface area contributed by atoms with E-state index in [1.54, 1.807) is 4.68 Å². The number of nitrogens with one attached hydrogen (secondary N) is 1. The third-order valence-corrected chi connectivity index (χ3v) is 7.80. The maximum Gasteiger partial charge on any atom is 0.274 e. The molecule has 3 N–H and O–H groups in total. The van der Waals surface area contributed by atoms with Gasteiger partial charge in [0.15, 0.2) is 5.82 Å². The highest BCUT2D eigenvalue weighted by atomic mass is 16.1. The number of aryl methyl sites for hydroxylation is 1. The summed E-state index contributed by atoms with van der Waals surface area (Å²) in [4.78, 5) is 29.4. The molecule has 3 aromatic rings. The topological polar surface area (TPSA) is 96.5 Å². The van der Waals surface area contributed by atoms with Gasteiger partial charge in [-0.1, -0.05) is 30.3 Å². The Hall–Kier alpha value is -3.23. The lowest BCUT2D eigenvalue weighted by Gasteiger charge is -2.33. The van der Waals surface area contributed by atoms with Crippen molar-refractivity contribution < 1.29 is 4.79 Å². The van der Waals surface area contributed by atoms with Crippen LogP contribution in [0, 0.1) is 0 Å². The zero-order chi connectivity index (χ0) is 25.8. The molecule has 2 fully saturated rings. The predicted molar refractivity (Wildman–Crippen MR) is 149 cm³/mol. The van der Waals surface area contributed by atoms with Crippen LogP contribution in [0.15, 0.2) is 53.3 Å². The van der Waals surface area contributed by atoms with Gasteiger partial charge in [0.05, 0.1) is 5.39 Å². The smallest absolute Gasteiger partial charge is 0.274 e. The van der Waals surface area contributed by atoms with Gasteiger partial charge in [-0.25, -0.2) is 4.68 Å². The van der Waals surface area contributed by atoms with Crippen LogP contribution in [0.5, 0.6) is 0 Å². The first-order valence-corrected chi connectivity index (χ1v) is 13.6. The number of benzene rings is 2. The standard InChI is InChI=1S/C29H38N6O2/c1-21(36)31-25-7-4-6-23(20-25)22-10-16-33(17-11-22)14-5-15-35-29(37)27-9-3-2-8-26(27)28(32-35)34-18-12-24(30)13-19-34/h2-4,6-9,20,22,24H,5,10-19,30H2,1H3,(H,31,36). The second kappa shape index (κ2) is 11.4. The molecule has 3 heterocycles. The quantitative estimate of drug-likeness (QED) is 0.513. The first-order chi connectivity index (χ1) is 18.0. The number of aromatic nitrogens is 2. The van der Waals surface area contributed by atoms with Gasteiger partial charge >= 0.3 is 0 Å². The van der Waals surface area contributed by atoms with Crippen LogP contribution < -0.4 is 21.5 Å². The zero-order valence-electron chi connectivity index (χ0n) is 21.7. The van der Waals surface area contributed by atoms with Crippen LogP contribution in [-0.2, 0) is 11.3 Å². The Morgan fingerprint density at radius 2 is 1.70 bits per heavy atom. The molecule has 0 atom stereocenters. The number of anilines is 2. The molecule has 2 aliphatic rings. The molecule has 0 saturated carbocycles. The number of piperidine rings is 2. The number of likely N-dealkylation sites (tertiary alicyclic amines) is 1. The summed E-state index contributed by atoms with van der Waals surface area (Å²) in [5.41, 5.74) is 8.28. The van der Waals surface area contributed by atoms with Crippen LogP contribution in [0.4, 0.5) is 11.5 Å². The lowest BCUT2D eigenvalue weighted by Crippen LogP contribution is -2.41. The number of amides is 1. The average Bonchev–Trinajstić information content (AvgIpc) is 2.91. The van der Waals surface area contributed by atoms with Crippen molar-refractivity contribution in [2.75, 3.05) is 42.9 Å². The second-order valence-electron chi connectivity index (χ2n) is 10.5. The number of rotatable bonds is 7. The largest absolute Gasteiger partial charge is 0.355 e. The lowest BCUT2D eigenvalue weighted by atomic mass is 9.89. The molecule has 0 radical (unpaired) electrons. The molecule has 37 heavy (non-hydrogen) atoms. The summed E-state index contributed by atoms with van der Waals surface area (Å²) in [6.45, 7) is 6.92. The van der Waals surface area contributed by atoms with Crippen molar-refractivity contribution in [1.82, 2.24) is 14.7 Å². The summed E-state index contributed by atoms with van der Waals surface area (Å²) in [5, 5.41) is 9.41. The molecule has 196 valence electrons. The zero-order valence-corrected chi connectivity index (χ0v) is 21.7. The van der Waals surface area contributed by atoms with Gasteiger partial charge in [0.2, 0.25) is 5.91 Å². The van der Waals surface area contributed by atoms with Crippen LogP contribution in [-0.4, -0.2) is 59.4 Å². The first-order valence-electron chi connectivity index (χ1n) is 13.6. The molecule has 1 aromatic heterocycles. The Morgan fingerprint density at radius 3 is 2.43 bits per heavy atom. The van der Waals surface area contributed by atoms with E-state index in [9.17, 15) is 9.59 Å². The van der Waals surface area contributed by atoms with E-state index in [-0.39, 0.29) is 17.5 Å². The Balaban J connectivity index is 1.20. The van der Waals surface area contributed by atoms with E-state index >= 15 is 0 Å². The van der Waals surface area contributed by atoms with Crippen molar-refractivity contribution in [2.45, 2.75) is 57.5 Å². The van der Waals surface area contributed by atoms with Crippen molar-refractivity contribution in [3.8, 4) is 0 Å². The average molecular weight is 503 g/mol. The summed E-state index contributed by atoms with van der Waals surface area (Å²) in [7, 11) is 0. The van der Waals surface area contributed by atoms with Crippen molar-refractivity contribution in [1.29, 1.82) is 0 Å². The van der Waals surface area contributed by atoms with E-state index in [0.717, 1.165) is 87.1 Å². The number of fused-ring (bicyclic) bond motifs is 1. The monoisotopic (exact) mass is 502 g/mol. The van der Waals surface area contributed by atoms with Crippen LogP contribution in [0.3, 0.4) is 0 Å². The maximum absolute atomic E-state index is 13.2. The van der Waals surface area contributed by atoms with E-state index < -0.39 is 0 Å². The van der Waals surface area contributed by atoms with Crippen molar-refractivity contribution in [2.24, 2.45) is 5.73 Å². The Morgan fingerprint density at radius 1 is 0.973 bits per heavy atom. The van der Waals surface area contributed by atoms with Crippen LogP contribution in [0.1, 0.15) is 50.5 Å². The van der Waals surface area contributed by atoms with Crippen LogP contribution in [0.2, 0.25) is 0 Å². The number of hydrogen-bond acceptors (Lipinski definition) is 6. The minimum absolute atomic E-state index is 0.00850. The molecule has 2 aliphatic heterocycles. The molecular weight excluding hydrogens is 464 g/mol. The lowest BCUT2D eigenvalue weighted by molar-refractivity contribution is -0.114. The summed E-state index contributed by atoms with van der Waals surface area (Å²) < 4.78 is 1.67. The van der Waals surface area contributed by atoms with Gasteiger partial charge in [-0.3, -0.25) is 9.59 Å². The fourth-order valence-electron chi connectivity index (χ4n) is 5.72. The van der Waals surface area contributed by atoms with Gasteiger partial charge in [-0.05, 0) is 81.4 Å². The third-order valence-electron chi connectivity index (χ3n) is 7.80. The van der Waals surface area contributed by atoms with Gasteiger partial charge in [0.25, 0.3) is 5.56 Å². The number of nitrogens with zero attached hydrogens (tertiary/aromatic N) is 4. The minimum Gasteiger partial charge on any atom is -0.355 e. The Labute approximate surface area is 218 Å². The van der Waals surface area contributed by atoms with Crippen molar-refractivity contribution in [3.05, 3.63) is 64.4 Å². The molecule has 0 aliphatic carbocycles. The van der Waals surface area contributed by atoms with E-state index in [1.807, 2.05) is 36.4 Å². The normalized spacial score (nSPS) is 17.8. The summed E-state index contributed by atoms with van der Waals surface area (Å²) in [5.74, 6) is 1.37. The molecule has 5 rings (SSSR count). The van der Waals surface area contributed by atoms with Crippen LogP contribution in [0.25, 0.3) is 10.8 Å². The predicted octanol–water partition coefficient (Wildman–Crippen LogP) is 3.55. The Bertz CT molecular complexity index is 1290. The van der Waals surface area contributed by atoms with Gasteiger partial charge in [-0.2, -0.15) is 5.10 Å². The fraction of sp³-hybridized carbons (Fsp3) is 0.483. The van der Waals surface area contributed by atoms with Gasteiger partial charge < -0.3 is 20.9 Å². The molecule has 1 amide bonds. The van der Waals surface area contributed by atoms with Crippen molar-refractivity contribution in [3.63, 3.8) is 0 Å².